The first-order valence-electron chi connectivity index (χ1n) is 3.15. The minimum absolute atomic E-state index is 0.485. The van der Waals surface area contributed by atoms with E-state index in [-0.39, 0.29) is 0 Å². The first kappa shape index (κ1) is 6.73. The third-order valence-corrected chi connectivity index (χ3v) is 1.99. The second kappa shape index (κ2) is 2.01. The molecule has 1 aliphatic heterocycles. The van der Waals surface area contributed by atoms with Gasteiger partial charge in [0.15, 0.2) is 6.10 Å². The lowest BCUT2D eigenvalue weighted by Crippen LogP contribution is -2.31. The molecule has 58 valence electrons. The van der Waals surface area contributed by atoms with Gasteiger partial charge in [-0.3, -0.25) is 0 Å². The van der Waals surface area contributed by atoms with Gasteiger partial charge >= 0.3 is 6.16 Å². The van der Waals surface area contributed by atoms with Crippen molar-refractivity contribution in [1.29, 1.82) is 0 Å². The Bertz CT molecular complexity index is 258. The van der Waals surface area contributed by atoms with E-state index in [1.807, 2.05) is 0 Å². The number of alkyl halides is 1. The van der Waals surface area contributed by atoms with E-state index in [0.29, 0.717) is 0 Å². The standard InChI is InChI=1S/C7H5ClO3/c8-7-4-2-1-3-5(7)10-6(9)11-7/h1-5H. The molecule has 0 aromatic carbocycles. The van der Waals surface area contributed by atoms with E-state index < -0.39 is 17.3 Å². The first-order valence-corrected chi connectivity index (χ1v) is 3.53. The number of halogens is 1. The van der Waals surface area contributed by atoms with Gasteiger partial charge in [-0.2, -0.15) is 0 Å². The van der Waals surface area contributed by atoms with Crippen LogP contribution >= 0.6 is 11.6 Å². The van der Waals surface area contributed by atoms with Crippen molar-refractivity contribution >= 4 is 17.8 Å². The number of ether oxygens (including phenoxy) is 2. The van der Waals surface area contributed by atoms with Gasteiger partial charge in [0.1, 0.15) is 0 Å². The topological polar surface area (TPSA) is 35.5 Å². The number of rotatable bonds is 0. The zero-order valence-corrected chi connectivity index (χ0v) is 6.25. The van der Waals surface area contributed by atoms with E-state index >= 15 is 0 Å². The van der Waals surface area contributed by atoms with Gasteiger partial charge in [0, 0.05) is 0 Å². The second-order valence-corrected chi connectivity index (χ2v) is 2.92. The maximum absolute atomic E-state index is 10.6. The summed E-state index contributed by atoms with van der Waals surface area (Å²) in [4.78, 5) is 10.6. The summed E-state index contributed by atoms with van der Waals surface area (Å²) in [5, 5.41) is -1.11. The highest BCUT2D eigenvalue weighted by Crippen LogP contribution is 2.35. The Kier molecular flexibility index (Phi) is 1.23. The average molecular weight is 173 g/mol. The second-order valence-electron chi connectivity index (χ2n) is 2.33. The van der Waals surface area contributed by atoms with Crippen LogP contribution in [0.15, 0.2) is 24.3 Å². The van der Waals surface area contributed by atoms with Gasteiger partial charge in [-0.15, -0.1) is 0 Å². The highest BCUT2D eigenvalue weighted by Gasteiger charge is 2.47. The highest BCUT2D eigenvalue weighted by molar-refractivity contribution is 6.26. The van der Waals surface area contributed by atoms with Crippen LogP contribution < -0.4 is 0 Å². The summed E-state index contributed by atoms with van der Waals surface area (Å²) in [5.74, 6) is 0. The molecule has 1 aliphatic carbocycles. The van der Waals surface area contributed by atoms with Gasteiger partial charge in [0.05, 0.1) is 0 Å². The van der Waals surface area contributed by atoms with E-state index in [1.165, 1.54) is 0 Å². The molecule has 1 fully saturated rings. The molecule has 1 heterocycles. The van der Waals surface area contributed by atoms with Crippen LogP contribution in [0.4, 0.5) is 4.79 Å². The van der Waals surface area contributed by atoms with Gasteiger partial charge in [0.2, 0.25) is 5.06 Å². The summed E-state index contributed by atoms with van der Waals surface area (Å²) < 4.78 is 9.46. The molecule has 0 saturated carbocycles. The highest BCUT2D eigenvalue weighted by atomic mass is 35.5. The van der Waals surface area contributed by atoms with Crippen molar-refractivity contribution in [2.75, 3.05) is 0 Å². The number of allylic oxidation sites excluding steroid dienone is 2. The quantitative estimate of drug-likeness (QED) is 0.411. The van der Waals surface area contributed by atoms with Crippen LogP contribution in [-0.2, 0) is 9.47 Å². The lowest BCUT2D eigenvalue weighted by molar-refractivity contribution is 0.118. The Balaban J connectivity index is 2.34. The number of carbonyl (C=O) groups is 1. The molecule has 2 rings (SSSR count). The van der Waals surface area contributed by atoms with Gasteiger partial charge in [-0.25, -0.2) is 4.79 Å². The predicted octanol–water partition coefficient (Wildman–Crippen LogP) is 1.58. The smallest absolute Gasteiger partial charge is 0.421 e. The maximum Gasteiger partial charge on any atom is 0.511 e. The predicted molar refractivity (Wildman–Crippen MR) is 38.2 cm³/mol. The van der Waals surface area contributed by atoms with Gasteiger partial charge in [-0.1, -0.05) is 23.8 Å². The normalized spacial score (nSPS) is 39.7. The van der Waals surface area contributed by atoms with Crippen molar-refractivity contribution in [3.8, 4) is 0 Å². The zero-order chi connectivity index (χ0) is 7.90. The molecule has 2 aliphatic rings. The van der Waals surface area contributed by atoms with Crippen molar-refractivity contribution in [3.05, 3.63) is 24.3 Å². The molecule has 0 amide bonds. The summed E-state index contributed by atoms with van der Waals surface area (Å²) >= 11 is 5.86. The van der Waals surface area contributed by atoms with E-state index in [9.17, 15) is 4.79 Å². The largest absolute Gasteiger partial charge is 0.511 e. The third-order valence-electron chi connectivity index (χ3n) is 1.57. The van der Waals surface area contributed by atoms with Crippen LogP contribution in [0.25, 0.3) is 0 Å². The maximum atomic E-state index is 10.6. The first-order chi connectivity index (χ1) is 5.21. The third kappa shape index (κ3) is 0.922. The number of hydrogen-bond acceptors (Lipinski definition) is 3. The molecule has 11 heavy (non-hydrogen) atoms. The lowest BCUT2D eigenvalue weighted by atomic mass is 10.1. The minimum atomic E-state index is -1.11. The minimum Gasteiger partial charge on any atom is -0.421 e. The summed E-state index contributed by atoms with van der Waals surface area (Å²) in [6.07, 6.45) is 5.53. The Labute approximate surface area is 68.2 Å². The van der Waals surface area contributed by atoms with Crippen molar-refractivity contribution in [2.45, 2.75) is 11.2 Å². The fourth-order valence-corrected chi connectivity index (χ4v) is 1.30. The van der Waals surface area contributed by atoms with Crippen molar-refractivity contribution in [1.82, 2.24) is 0 Å². The SMILES string of the molecule is O=C1OC2C=CC=CC2(Cl)O1. The molecule has 0 aromatic heterocycles. The molecular formula is C7H5ClO3. The molecule has 0 bridgehead atoms. The van der Waals surface area contributed by atoms with E-state index in [4.69, 9.17) is 21.1 Å². The average Bonchev–Trinajstić information content (AvgIpc) is 2.22. The molecular weight excluding hydrogens is 168 g/mol. The monoisotopic (exact) mass is 172 g/mol. The number of fused-ring (bicyclic) bond motifs is 1. The lowest BCUT2D eigenvalue weighted by Gasteiger charge is -2.19. The fourth-order valence-electron chi connectivity index (χ4n) is 1.05. The number of hydrogen-bond donors (Lipinski definition) is 0. The van der Waals surface area contributed by atoms with E-state index in [1.54, 1.807) is 24.3 Å². The summed E-state index contributed by atoms with van der Waals surface area (Å²) in [6, 6.07) is 0. The van der Waals surface area contributed by atoms with Crippen LogP contribution in [-0.4, -0.2) is 17.3 Å². The van der Waals surface area contributed by atoms with Crippen LogP contribution in [0.3, 0.4) is 0 Å². The van der Waals surface area contributed by atoms with Crippen molar-refractivity contribution in [3.63, 3.8) is 0 Å². The van der Waals surface area contributed by atoms with Gasteiger partial charge < -0.3 is 9.47 Å². The zero-order valence-electron chi connectivity index (χ0n) is 5.49. The number of carbonyl (C=O) groups excluding carboxylic acids is 1. The van der Waals surface area contributed by atoms with E-state index in [0.717, 1.165) is 0 Å². The molecule has 2 atom stereocenters. The van der Waals surface area contributed by atoms with Crippen LogP contribution in [0.5, 0.6) is 0 Å². The van der Waals surface area contributed by atoms with Crippen LogP contribution in [0.1, 0.15) is 0 Å². The molecule has 3 nitrogen and oxygen atoms in total. The van der Waals surface area contributed by atoms with Crippen LogP contribution in [0.2, 0.25) is 0 Å². The molecule has 0 aromatic rings. The molecule has 0 N–H and O–H groups in total. The Morgan fingerprint density at radius 1 is 1.55 bits per heavy atom. The summed E-state index contributed by atoms with van der Waals surface area (Å²) in [5.41, 5.74) is 0. The summed E-state index contributed by atoms with van der Waals surface area (Å²) in [6.45, 7) is 0. The van der Waals surface area contributed by atoms with Crippen molar-refractivity contribution in [2.24, 2.45) is 0 Å². The molecule has 4 heteroatoms. The molecule has 0 radical (unpaired) electrons. The Morgan fingerprint density at radius 3 is 3.09 bits per heavy atom. The molecule has 2 unspecified atom stereocenters. The Morgan fingerprint density at radius 2 is 2.36 bits per heavy atom. The van der Waals surface area contributed by atoms with Gasteiger partial charge in [-0.05, 0) is 12.2 Å². The van der Waals surface area contributed by atoms with Crippen LogP contribution in [0, 0.1) is 0 Å². The molecule has 0 spiro atoms. The van der Waals surface area contributed by atoms with E-state index in [2.05, 4.69) is 0 Å². The fraction of sp³-hybridized carbons (Fsp3) is 0.286. The Hall–Kier alpha value is -0.960. The molecule has 1 saturated heterocycles. The summed E-state index contributed by atoms with van der Waals surface area (Å²) in [7, 11) is 0. The van der Waals surface area contributed by atoms with Gasteiger partial charge in [0.25, 0.3) is 0 Å². The van der Waals surface area contributed by atoms with Crippen molar-refractivity contribution < 1.29 is 14.3 Å².